The number of carboxylic acids is 1. The Kier molecular flexibility index (Phi) is 12.8. The number of carbonyl (C=O) groups excluding carboxylic acids is 6. The lowest BCUT2D eigenvalue weighted by atomic mass is 10.0. The van der Waals surface area contributed by atoms with E-state index in [9.17, 15) is 38.7 Å². The van der Waals surface area contributed by atoms with E-state index in [-0.39, 0.29) is 12.8 Å². The summed E-state index contributed by atoms with van der Waals surface area (Å²) in [4.78, 5) is 99.3. The van der Waals surface area contributed by atoms with E-state index >= 15 is 0 Å². The summed E-state index contributed by atoms with van der Waals surface area (Å²) in [6.07, 6.45) is 4.85. The van der Waals surface area contributed by atoms with Gasteiger partial charge in [-0.2, -0.15) is 0 Å². The molecule has 0 unspecified atom stereocenters. The number of aromatic nitrogens is 4. The Morgan fingerprint density at radius 3 is 1.84 bits per heavy atom. The summed E-state index contributed by atoms with van der Waals surface area (Å²) in [5.74, 6) is -6.52. The van der Waals surface area contributed by atoms with Crippen LogP contribution in [0, 0.1) is 5.92 Å². The number of carboxylic acid groups (broad SMARTS) is 1. The fourth-order valence-corrected chi connectivity index (χ4v) is 3.88. The lowest BCUT2D eigenvalue weighted by Gasteiger charge is -2.25. The molecular formula is C25H36N10O8. The van der Waals surface area contributed by atoms with Crippen LogP contribution >= 0.6 is 0 Å². The van der Waals surface area contributed by atoms with Crippen LogP contribution in [-0.2, 0) is 46.4 Å². The van der Waals surface area contributed by atoms with Crippen molar-refractivity contribution in [3.05, 3.63) is 36.4 Å². The molecule has 0 aliphatic carbocycles. The molecule has 6 amide bonds. The van der Waals surface area contributed by atoms with Gasteiger partial charge in [-0.1, -0.05) is 13.8 Å². The van der Waals surface area contributed by atoms with Crippen LogP contribution in [0.25, 0.3) is 0 Å². The van der Waals surface area contributed by atoms with Gasteiger partial charge in [0.05, 0.1) is 25.6 Å². The number of aromatic amines is 2. The van der Waals surface area contributed by atoms with E-state index in [0.717, 1.165) is 0 Å². The van der Waals surface area contributed by atoms with Crippen LogP contribution in [0.1, 0.15) is 38.6 Å². The second-order valence-electron chi connectivity index (χ2n) is 9.94. The maximum atomic E-state index is 13.0. The molecule has 0 aliphatic heterocycles. The normalized spacial score (nSPS) is 13.6. The average Bonchev–Trinajstić information content (AvgIpc) is 3.63. The molecule has 0 aliphatic rings. The Bertz CT molecular complexity index is 1280. The fourth-order valence-electron chi connectivity index (χ4n) is 3.88. The number of imidazole rings is 2. The Hall–Kier alpha value is -5.29. The van der Waals surface area contributed by atoms with Crippen molar-refractivity contribution in [2.24, 2.45) is 11.7 Å². The van der Waals surface area contributed by atoms with Gasteiger partial charge in [-0.15, -0.1) is 0 Å². The SMILES string of the molecule is CC(=O)N[C@@H](Cc1cnc[nH]1)C(=O)N[C@H](C(=O)NCC(=O)N[C@@H](CC(=O)O)C(=O)N[C@@H](Cc1cnc[nH]1)C(N)=O)C(C)C. The third kappa shape index (κ3) is 11.6. The van der Waals surface area contributed by atoms with E-state index in [1.165, 1.54) is 32.0 Å². The summed E-state index contributed by atoms with van der Waals surface area (Å²) in [5, 5.41) is 21.2. The lowest BCUT2D eigenvalue weighted by Crippen LogP contribution is -2.57. The largest absolute Gasteiger partial charge is 0.481 e. The van der Waals surface area contributed by atoms with Crippen molar-refractivity contribution in [2.75, 3.05) is 6.54 Å². The Morgan fingerprint density at radius 1 is 0.814 bits per heavy atom. The van der Waals surface area contributed by atoms with E-state index in [1.54, 1.807) is 13.8 Å². The van der Waals surface area contributed by atoms with Gasteiger partial charge in [-0.25, -0.2) is 9.97 Å². The van der Waals surface area contributed by atoms with E-state index in [2.05, 4.69) is 46.5 Å². The van der Waals surface area contributed by atoms with Crippen LogP contribution in [-0.4, -0.2) is 97.2 Å². The molecule has 18 nitrogen and oxygen atoms in total. The fraction of sp³-hybridized carbons (Fsp3) is 0.480. The number of H-pyrrole nitrogens is 2. The molecule has 43 heavy (non-hydrogen) atoms. The van der Waals surface area contributed by atoms with Crippen LogP contribution in [0.15, 0.2) is 25.0 Å². The number of hydrogen-bond acceptors (Lipinski definition) is 9. The Labute approximate surface area is 245 Å². The van der Waals surface area contributed by atoms with Crippen LogP contribution in [0.5, 0.6) is 0 Å². The molecule has 4 atom stereocenters. The number of carbonyl (C=O) groups is 7. The van der Waals surface area contributed by atoms with Gasteiger partial charge < -0.3 is 47.4 Å². The average molecular weight is 605 g/mol. The molecule has 18 heteroatoms. The minimum absolute atomic E-state index is 0.0577. The molecule has 0 saturated carbocycles. The Morgan fingerprint density at radius 2 is 1.37 bits per heavy atom. The topological polar surface area (TPSA) is 283 Å². The number of aliphatic carboxylic acids is 1. The number of nitrogens with two attached hydrogens (primary N) is 1. The molecule has 2 aromatic rings. The van der Waals surface area contributed by atoms with E-state index < -0.39 is 84.5 Å². The predicted octanol–water partition coefficient (Wildman–Crippen LogP) is -3.39. The lowest BCUT2D eigenvalue weighted by molar-refractivity contribution is -0.141. The quantitative estimate of drug-likeness (QED) is 0.0863. The zero-order valence-electron chi connectivity index (χ0n) is 23.8. The molecule has 0 bridgehead atoms. The van der Waals surface area contributed by atoms with Crippen molar-refractivity contribution in [3.63, 3.8) is 0 Å². The molecule has 0 fully saturated rings. The Balaban J connectivity index is 2.01. The maximum absolute atomic E-state index is 13.0. The zero-order chi connectivity index (χ0) is 32.1. The third-order valence-corrected chi connectivity index (χ3v) is 6.01. The molecule has 10 N–H and O–H groups in total. The van der Waals surface area contributed by atoms with Crippen LogP contribution in [0.2, 0.25) is 0 Å². The van der Waals surface area contributed by atoms with Gasteiger partial charge in [0, 0.05) is 43.5 Å². The first-order valence-corrected chi connectivity index (χ1v) is 13.2. The van der Waals surface area contributed by atoms with Gasteiger partial charge in [0.25, 0.3) is 0 Å². The van der Waals surface area contributed by atoms with E-state index in [1.807, 2.05) is 0 Å². The van der Waals surface area contributed by atoms with E-state index in [0.29, 0.717) is 11.4 Å². The first-order valence-electron chi connectivity index (χ1n) is 13.2. The minimum Gasteiger partial charge on any atom is -0.481 e. The molecule has 2 aromatic heterocycles. The smallest absolute Gasteiger partial charge is 0.305 e. The number of rotatable bonds is 17. The number of nitrogens with one attached hydrogen (secondary N) is 7. The molecule has 0 saturated heterocycles. The van der Waals surface area contributed by atoms with Crippen molar-refractivity contribution < 1.29 is 38.7 Å². The van der Waals surface area contributed by atoms with Crippen molar-refractivity contribution in [2.45, 2.75) is 64.2 Å². The van der Waals surface area contributed by atoms with Crippen LogP contribution in [0.3, 0.4) is 0 Å². The first-order chi connectivity index (χ1) is 20.3. The summed E-state index contributed by atoms with van der Waals surface area (Å²) < 4.78 is 0. The molecule has 0 spiro atoms. The number of primary amides is 1. The molecular weight excluding hydrogens is 568 g/mol. The highest BCUT2D eigenvalue weighted by Gasteiger charge is 2.31. The van der Waals surface area contributed by atoms with Crippen molar-refractivity contribution >= 4 is 41.4 Å². The second-order valence-corrected chi connectivity index (χ2v) is 9.94. The standard InChI is InChI=1S/C25H36N10O8/c1-12(2)21(35-24(42)17(32-13(3)36)5-15-8-28-11-31-15)25(43)29-9-19(37)33-18(6-20(38)39)23(41)34-16(22(26)40)4-14-7-27-10-30-14/h7-8,10-12,16-18,21H,4-6,9H2,1-3H3,(H2,26,40)(H,27,30)(H,28,31)(H,29,43)(H,32,36)(H,33,37)(H,34,41)(H,35,42)(H,38,39)/t16-,17-,18-,21-/m0/s1. The third-order valence-electron chi connectivity index (χ3n) is 6.01. The maximum Gasteiger partial charge on any atom is 0.305 e. The number of nitrogens with zero attached hydrogens (tertiary/aromatic N) is 2. The van der Waals surface area contributed by atoms with Crippen LogP contribution < -0.4 is 32.3 Å². The van der Waals surface area contributed by atoms with Gasteiger partial charge in [0.15, 0.2) is 0 Å². The summed E-state index contributed by atoms with van der Waals surface area (Å²) in [6, 6.07) is -4.98. The highest BCUT2D eigenvalue weighted by atomic mass is 16.4. The van der Waals surface area contributed by atoms with Gasteiger partial charge in [-0.3, -0.25) is 33.6 Å². The van der Waals surface area contributed by atoms with Crippen molar-refractivity contribution in [1.29, 1.82) is 0 Å². The second kappa shape index (κ2) is 16.2. The molecule has 2 rings (SSSR count). The highest BCUT2D eigenvalue weighted by Crippen LogP contribution is 2.06. The molecule has 234 valence electrons. The summed E-state index contributed by atoms with van der Waals surface area (Å²) in [5.41, 5.74) is 6.40. The monoisotopic (exact) mass is 604 g/mol. The van der Waals surface area contributed by atoms with Crippen LogP contribution in [0.4, 0.5) is 0 Å². The molecule has 2 heterocycles. The van der Waals surface area contributed by atoms with Gasteiger partial charge >= 0.3 is 5.97 Å². The van der Waals surface area contributed by atoms with Crippen molar-refractivity contribution in [1.82, 2.24) is 46.5 Å². The summed E-state index contributed by atoms with van der Waals surface area (Å²) in [7, 11) is 0. The van der Waals surface area contributed by atoms with E-state index in [4.69, 9.17) is 5.73 Å². The van der Waals surface area contributed by atoms with Crippen molar-refractivity contribution in [3.8, 4) is 0 Å². The number of amides is 6. The van der Waals surface area contributed by atoms with Gasteiger partial charge in [0.1, 0.15) is 24.2 Å². The number of hydrogen-bond donors (Lipinski definition) is 9. The zero-order valence-corrected chi connectivity index (χ0v) is 23.8. The molecule has 0 aromatic carbocycles. The van der Waals surface area contributed by atoms with Gasteiger partial charge in [-0.05, 0) is 5.92 Å². The highest BCUT2D eigenvalue weighted by molar-refractivity contribution is 5.96. The van der Waals surface area contributed by atoms with Gasteiger partial charge in [0.2, 0.25) is 35.4 Å². The predicted molar refractivity (Wildman–Crippen MR) is 147 cm³/mol. The molecule has 0 radical (unpaired) electrons. The first kappa shape index (κ1) is 33.9. The summed E-state index contributed by atoms with van der Waals surface area (Å²) in [6.45, 7) is 3.87. The minimum atomic E-state index is -1.60. The summed E-state index contributed by atoms with van der Waals surface area (Å²) >= 11 is 0.